The molecule has 0 radical (unpaired) electrons. The van der Waals surface area contributed by atoms with E-state index in [9.17, 15) is 13.2 Å². The number of hydrogen-bond acceptors (Lipinski definition) is 2. The molecule has 0 aromatic carbocycles. The van der Waals surface area contributed by atoms with Gasteiger partial charge in [-0.05, 0) is 37.5 Å². The number of nitrogens with zero attached hydrogens (tertiary/aromatic N) is 1. The Hall–Kier alpha value is -1.88. The fourth-order valence-corrected chi connectivity index (χ4v) is 2.60. The Balaban J connectivity index is 0.00000127. The zero-order chi connectivity index (χ0) is 17.5. The van der Waals surface area contributed by atoms with Crippen LogP contribution in [0.3, 0.4) is 0 Å². The maximum atomic E-state index is 12.6. The minimum atomic E-state index is -4.38. The number of alkyl halides is 3. The van der Waals surface area contributed by atoms with Crippen LogP contribution in [-0.4, -0.2) is 17.6 Å². The summed E-state index contributed by atoms with van der Waals surface area (Å²) in [6, 6.07) is 4.38. The molecular weight excluding hydrogens is 301 g/mol. The molecule has 1 N–H and O–H groups in total. The molecule has 0 spiro atoms. The molecule has 0 amide bonds. The van der Waals surface area contributed by atoms with Gasteiger partial charge in [-0.3, -0.25) is 0 Å². The van der Waals surface area contributed by atoms with Gasteiger partial charge in [-0.1, -0.05) is 24.3 Å². The highest BCUT2D eigenvalue weighted by Gasteiger charge is 2.32. The lowest BCUT2D eigenvalue weighted by molar-refractivity contribution is -0.141. The van der Waals surface area contributed by atoms with Crippen molar-refractivity contribution in [2.24, 2.45) is 0 Å². The molecule has 126 valence electrons. The molecule has 1 unspecified atom stereocenters. The molecule has 2 nitrogen and oxygen atoms in total. The molecule has 0 fully saturated rings. The van der Waals surface area contributed by atoms with E-state index in [4.69, 9.17) is 0 Å². The van der Waals surface area contributed by atoms with Crippen LogP contribution in [0.25, 0.3) is 0 Å². The quantitative estimate of drug-likeness (QED) is 0.794. The van der Waals surface area contributed by atoms with Crippen LogP contribution in [0.4, 0.5) is 13.2 Å². The summed E-state index contributed by atoms with van der Waals surface area (Å²) in [6.45, 7) is 12.5. The smallest absolute Gasteiger partial charge is 0.313 e. The van der Waals surface area contributed by atoms with Crippen molar-refractivity contribution >= 4 is 0 Å². The second-order valence-electron chi connectivity index (χ2n) is 5.33. The van der Waals surface area contributed by atoms with Gasteiger partial charge in [-0.25, -0.2) is 4.98 Å². The molecule has 23 heavy (non-hydrogen) atoms. The summed E-state index contributed by atoms with van der Waals surface area (Å²) in [4.78, 5) is 3.66. The van der Waals surface area contributed by atoms with E-state index >= 15 is 0 Å². The molecule has 1 aliphatic carbocycles. The molecule has 1 aromatic rings. The second kappa shape index (κ2) is 8.67. The fraction of sp³-hybridized carbons (Fsp3) is 0.389. The Morgan fingerprint density at radius 1 is 1.30 bits per heavy atom. The molecule has 1 heterocycles. The zero-order valence-corrected chi connectivity index (χ0v) is 13.4. The second-order valence-corrected chi connectivity index (χ2v) is 5.33. The van der Waals surface area contributed by atoms with E-state index in [-0.39, 0.29) is 0 Å². The first-order valence-corrected chi connectivity index (χ1v) is 7.47. The third-order valence-corrected chi connectivity index (χ3v) is 3.72. The maximum absolute atomic E-state index is 12.6. The van der Waals surface area contributed by atoms with E-state index < -0.39 is 11.9 Å². The van der Waals surface area contributed by atoms with Gasteiger partial charge in [0.2, 0.25) is 0 Å². The molecule has 1 aromatic heterocycles. The van der Waals surface area contributed by atoms with Crippen molar-refractivity contribution in [3.05, 3.63) is 66.5 Å². The van der Waals surface area contributed by atoms with Crippen molar-refractivity contribution < 1.29 is 13.2 Å². The maximum Gasteiger partial charge on any atom is 0.433 e. The van der Waals surface area contributed by atoms with Crippen molar-refractivity contribution in [2.75, 3.05) is 6.54 Å². The highest BCUT2D eigenvalue weighted by molar-refractivity contribution is 5.29. The summed E-state index contributed by atoms with van der Waals surface area (Å²) in [5.74, 6) is 0. The van der Waals surface area contributed by atoms with E-state index in [2.05, 4.69) is 37.0 Å². The summed E-state index contributed by atoms with van der Waals surface area (Å²) in [6.07, 6.45) is -0.105. The number of halogens is 3. The summed E-state index contributed by atoms with van der Waals surface area (Å²) >= 11 is 0. The predicted octanol–water partition coefficient (Wildman–Crippen LogP) is 4.70. The van der Waals surface area contributed by atoms with Gasteiger partial charge >= 0.3 is 6.18 Å². The summed E-state index contributed by atoms with van der Waals surface area (Å²) < 4.78 is 37.7. The Morgan fingerprint density at radius 3 is 2.57 bits per heavy atom. The van der Waals surface area contributed by atoms with Crippen LogP contribution in [0.5, 0.6) is 0 Å². The summed E-state index contributed by atoms with van der Waals surface area (Å²) in [5.41, 5.74) is 2.24. The Labute approximate surface area is 135 Å². The zero-order valence-electron chi connectivity index (χ0n) is 13.4. The van der Waals surface area contributed by atoms with Gasteiger partial charge in [-0.2, -0.15) is 13.2 Å². The van der Waals surface area contributed by atoms with Crippen LogP contribution in [0.1, 0.15) is 31.2 Å². The largest absolute Gasteiger partial charge is 0.433 e. The topological polar surface area (TPSA) is 24.9 Å². The first-order valence-electron chi connectivity index (χ1n) is 7.47. The van der Waals surface area contributed by atoms with E-state index in [0.717, 1.165) is 18.9 Å². The lowest BCUT2D eigenvalue weighted by Gasteiger charge is -2.13. The molecule has 0 aliphatic heterocycles. The third-order valence-electron chi connectivity index (χ3n) is 3.72. The van der Waals surface area contributed by atoms with Gasteiger partial charge in [-0.15, -0.1) is 13.2 Å². The van der Waals surface area contributed by atoms with Gasteiger partial charge in [0.05, 0.1) is 0 Å². The van der Waals surface area contributed by atoms with Gasteiger partial charge in [0, 0.05) is 24.7 Å². The van der Waals surface area contributed by atoms with Gasteiger partial charge in [0.15, 0.2) is 0 Å². The van der Waals surface area contributed by atoms with Crippen LogP contribution < -0.4 is 5.32 Å². The first-order chi connectivity index (χ1) is 10.9. The molecule has 1 aliphatic rings. The Bertz CT molecular complexity index is 562. The highest BCUT2D eigenvalue weighted by Crippen LogP contribution is 2.28. The first kappa shape index (κ1) is 19.2. The SMILES string of the molecule is C=C.C=CC1=C(C)CC(NCCc2cccc(C(F)(F)F)n2)C1. The van der Waals surface area contributed by atoms with Crippen LogP contribution in [0.15, 0.2) is 55.2 Å². The Kier molecular flexibility index (Phi) is 7.23. The van der Waals surface area contributed by atoms with Crippen LogP contribution in [0, 0.1) is 0 Å². The normalized spacial score (nSPS) is 17.7. The summed E-state index contributed by atoms with van der Waals surface area (Å²) in [7, 11) is 0. The average Bonchev–Trinajstić information content (AvgIpc) is 2.89. The van der Waals surface area contributed by atoms with Crippen molar-refractivity contribution in [2.45, 2.75) is 38.4 Å². The highest BCUT2D eigenvalue weighted by atomic mass is 19.4. The lowest BCUT2D eigenvalue weighted by Crippen LogP contribution is -2.29. The fourth-order valence-electron chi connectivity index (χ4n) is 2.60. The molecule has 1 atom stereocenters. The van der Waals surface area contributed by atoms with E-state index in [1.807, 2.05) is 6.08 Å². The number of hydrogen-bond donors (Lipinski definition) is 1. The van der Waals surface area contributed by atoms with Gasteiger partial charge in [0.1, 0.15) is 5.69 Å². The van der Waals surface area contributed by atoms with Crippen LogP contribution in [-0.2, 0) is 12.6 Å². The average molecular weight is 324 g/mol. The van der Waals surface area contributed by atoms with Crippen molar-refractivity contribution in [3.8, 4) is 0 Å². The van der Waals surface area contributed by atoms with Crippen molar-refractivity contribution in [3.63, 3.8) is 0 Å². The number of aromatic nitrogens is 1. The standard InChI is InChI=1S/C16H19F3N2.C2H4/c1-3-12-10-14(9-11(12)2)20-8-7-13-5-4-6-15(21-13)16(17,18)19;1-2/h3-6,14,20H,1,7-10H2,2H3;1-2H2. The number of nitrogens with one attached hydrogen (secondary N) is 1. The molecular formula is C18H23F3N2. The van der Waals surface area contributed by atoms with Crippen molar-refractivity contribution in [1.29, 1.82) is 0 Å². The molecule has 2 rings (SSSR count). The lowest BCUT2D eigenvalue weighted by atomic mass is 10.1. The van der Waals surface area contributed by atoms with Gasteiger partial charge < -0.3 is 5.32 Å². The number of allylic oxidation sites excluding steroid dienone is 1. The predicted molar refractivity (Wildman–Crippen MR) is 88.1 cm³/mol. The summed E-state index contributed by atoms with van der Waals surface area (Å²) in [5, 5.41) is 3.37. The van der Waals surface area contributed by atoms with Crippen molar-refractivity contribution in [1.82, 2.24) is 10.3 Å². The third kappa shape index (κ3) is 5.67. The molecule has 5 heteroatoms. The minimum absolute atomic E-state index is 0.351. The van der Waals surface area contributed by atoms with Crippen LogP contribution >= 0.6 is 0 Å². The van der Waals surface area contributed by atoms with E-state index in [1.165, 1.54) is 17.2 Å². The van der Waals surface area contributed by atoms with Crippen LogP contribution in [0.2, 0.25) is 0 Å². The molecule has 0 saturated heterocycles. The Morgan fingerprint density at radius 2 is 2.00 bits per heavy atom. The monoisotopic (exact) mass is 324 g/mol. The minimum Gasteiger partial charge on any atom is -0.313 e. The number of pyridine rings is 1. The molecule has 0 saturated carbocycles. The van der Waals surface area contributed by atoms with E-state index in [1.54, 1.807) is 6.07 Å². The van der Waals surface area contributed by atoms with Gasteiger partial charge in [0.25, 0.3) is 0 Å². The number of rotatable bonds is 5. The molecule has 0 bridgehead atoms. The van der Waals surface area contributed by atoms with E-state index in [0.29, 0.717) is 24.7 Å².